The number of nitrogens with zero attached hydrogens (tertiary/aromatic N) is 2. The average molecular weight is 247 g/mol. The maximum atomic E-state index is 10.7. The van der Waals surface area contributed by atoms with Crippen LogP contribution in [0.1, 0.15) is 27.6 Å². The van der Waals surface area contributed by atoms with E-state index in [1.165, 1.54) is 6.07 Å². The van der Waals surface area contributed by atoms with E-state index < -0.39 is 5.97 Å². The van der Waals surface area contributed by atoms with E-state index in [0.717, 1.165) is 11.5 Å². The van der Waals surface area contributed by atoms with Gasteiger partial charge in [0.1, 0.15) is 5.69 Å². The quantitative estimate of drug-likeness (QED) is 0.829. The molecule has 0 radical (unpaired) electrons. The number of nitrogens with one attached hydrogen (secondary N) is 1. The fraction of sp³-hybridized carbons (Fsp3) is 0.250. The normalized spacial score (nSPS) is 10.5. The van der Waals surface area contributed by atoms with Crippen molar-refractivity contribution in [2.75, 3.05) is 0 Å². The van der Waals surface area contributed by atoms with Crippen molar-refractivity contribution in [1.29, 1.82) is 0 Å². The zero-order chi connectivity index (χ0) is 13.0. The Kier molecular flexibility index (Phi) is 3.69. The molecular formula is C12H13N3O3. The molecule has 2 aromatic heterocycles. The highest BCUT2D eigenvalue weighted by molar-refractivity contribution is 5.85. The maximum Gasteiger partial charge on any atom is 0.354 e. The van der Waals surface area contributed by atoms with Crippen molar-refractivity contribution in [3.63, 3.8) is 0 Å². The van der Waals surface area contributed by atoms with Crippen molar-refractivity contribution in [3.8, 4) is 0 Å². The molecule has 0 aromatic carbocycles. The van der Waals surface area contributed by atoms with Gasteiger partial charge in [-0.25, -0.2) is 9.78 Å². The fourth-order valence-corrected chi connectivity index (χ4v) is 1.51. The summed E-state index contributed by atoms with van der Waals surface area (Å²) in [4.78, 5) is 14.7. The summed E-state index contributed by atoms with van der Waals surface area (Å²) >= 11 is 0. The molecule has 0 unspecified atom stereocenters. The lowest BCUT2D eigenvalue weighted by Crippen LogP contribution is -2.14. The largest absolute Gasteiger partial charge is 0.477 e. The Labute approximate surface area is 104 Å². The number of rotatable bonds is 5. The number of hydrogen-bond acceptors (Lipinski definition) is 5. The molecule has 0 saturated heterocycles. The number of carbonyl (C=O) groups is 1. The summed E-state index contributed by atoms with van der Waals surface area (Å²) in [5.41, 5.74) is 1.55. The van der Waals surface area contributed by atoms with Crippen LogP contribution in [0.15, 0.2) is 28.8 Å². The minimum Gasteiger partial charge on any atom is -0.477 e. The predicted octanol–water partition coefficient (Wildman–Crippen LogP) is 1.37. The smallest absolute Gasteiger partial charge is 0.354 e. The van der Waals surface area contributed by atoms with Crippen LogP contribution in [0.4, 0.5) is 0 Å². The van der Waals surface area contributed by atoms with Crippen LogP contribution in [0.25, 0.3) is 0 Å². The van der Waals surface area contributed by atoms with Crippen LogP contribution in [-0.2, 0) is 13.1 Å². The van der Waals surface area contributed by atoms with Crippen LogP contribution in [0.3, 0.4) is 0 Å². The highest BCUT2D eigenvalue weighted by atomic mass is 16.5. The van der Waals surface area contributed by atoms with Gasteiger partial charge in [-0.15, -0.1) is 0 Å². The lowest BCUT2D eigenvalue weighted by atomic mass is 10.3. The van der Waals surface area contributed by atoms with E-state index in [-0.39, 0.29) is 5.69 Å². The lowest BCUT2D eigenvalue weighted by molar-refractivity contribution is 0.0690. The third-order valence-corrected chi connectivity index (χ3v) is 2.31. The van der Waals surface area contributed by atoms with Crippen LogP contribution in [0.2, 0.25) is 0 Å². The molecule has 0 atom stereocenters. The number of carboxylic acid groups (broad SMARTS) is 1. The highest BCUT2D eigenvalue weighted by Crippen LogP contribution is 2.03. The summed E-state index contributed by atoms with van der Waals surface area (Å²) in [6.45, 7) is 2.85. The number of carboxylic acids is 1. The molecule has 2 aromatic rings. The van der Waals surface area contributed by atoms with E-state index in [4.69, 9.17) is 9.63 Å². The van der Waals surface area contributed by atoms with E-state index in [1.807, 2.05) is 13.0 Å². The lowest BCUT2D eigenvalue weighted by Gasteiger charge is -2.02. The summed E-state index contributed by atoms with van der Waals surface area (Å²) in [6.07, 6.45) is 0. The molecule has 6 nitrogen and oxygen atoms in total. The second-order valence-corrected chi connectivity index (χ2v) is 3.86. The average Bonchev–Trinajstić information content (AvgIpc) is 2.75. The van der Waals surface area contributed by atoms with E-state index in [9.17, 15) is 4.79 Å². The molecule has 0 spiro atoms. The number of aryl methyl sites for hydroxylation is 1. The first-order chi connectivity index (χ1) is 8.65. The van der Waals surface area contributed by atoms with Crippen molar-refractivity contribution in [2.24, 2.45) is 0 Å². The Morgan fingerprint density at radius 1 is 1.44 bits per heavy atom. The SMILES string of the molecule is Cc1cc(CNCc2cccc(C(=O)O)n2)on1. The van der Waals surface area contributed by atoms with Crippen molar-refractivity contribution in [3.05, 3.63) is 47.1 Å². The Bertz CT molecular complexity index is 551. The van der Waals surface area contributed by atoms with Crippen LogP contribution < -0.4 is 5.32 Å². The first-order valence-electron chi connectivity index (χ1n) is 5.47. The molecule has 0 fully saturated rings. The Morgan fingerprint density at radius 3 is 2.94 bits per heavy atom. The Balaban J connectivity index is 1.90. The van der Waals surface area contributed by atoms with Gasteiger partial charge < -0.3 is 14.9 Å². The molecule has 2 heterocycles. The van der Waals surface area contributed by atoms with Crippen molar-refractivity contribution < 1.29 is 14.4 Å². The minimum absolute atomic E-state index is 0.0461. The molecule has 0 aliphatic carbocycles. The molecule has 0 amide bonds. The van der Waals surface area contributed by atoms with Crippen LogP contribution in [-0.4, -0.2) is 21.2 Å². The van der Waals surface area contributed by atoms with Gasteiger partial charge in [0, 0.05) is 12.6 Å². The third kappa shape index (κ3) is 3.14. The minimum atomic E-state index is -1.03. The molecular weight excluding hydrogens is 234 g/mol. The second kappa shape index (κ2) is 5.42. The molecule has 0 aliphatic rings. The van der Waals surface area contributed by atoms with Gasteiger partial charge >= 0.3 is 5.97 Å². The van der Waals surface area contributed by atoms with Gasteiger partial charge in [-0.3, -0.25) is 0 Å². The zero-order valence-electron chi connectivity index (χ0n) is 9.88. The van der Waals surface area contributed by atoms with Crippen molar-refractivity contribution in [2.45, 2.75) is 20.0 Å². The highest BCUT2D eigenvalue weighted by Gasteiger charge is 2.05. The fourth-order valence-electron chi connectivity index (χ4n) is 1.51. The molecule has 2 rings (SSSR count). The summed E-state index contributed by atoms with van der Waals surface area (Å²) in [6, 6.07) is 6.75. The van der Waals surface area contributed by atoms with E-state index >= 15 is 0 Å². The van der Waals surface area contributed by atoms with Gasteiger partial charge in [-0.2, -0.15) is 0 Å². The maximum absolute atomic E-state index is 10.7. The Hall–Kier alpha value is -2.21. The van der Waals surface area contributed by atoms with Crippen LogP contribution in [0, 0.1) is 6.92 Å². The van der Waals surface area contributed by atoms with E-state index in [0.29, 0.717) is 18.8 Å². The van der Waals surface area contributed by atoms with Gasteiger partial charge in [0.25, 0.3) is 0 Å². The van der Waals surface area contributed by atoms with Gasteiger partial charge in [-0.05, 0) is 19.1 Å². The molecule has 0 saturated carbocycles. The number of pyridine rings is 1. The number of aromatic carboxylic acids is 1. The summed E-state index contributed by atoms with van der Waals surface area (Å²) < 4.78 is 5.04. The predicted molar refractivity (Wildman–Crippen MR) is 63.0 cm³/mol. The van der Waals surface area contributed by atoms with Gasteiger partial charge in [0.05, 0.1) is 17.9 Å². The van der Waals surface area contributed by atoms with Gasteiger partial charge in [0.2, 0.25) is 0 Å². The van der Waals surface area contributed by atoms with Crippen molar-refractivity contribution in [1.82, 2.24) is 15.5 Å². The number of hydrogen-bond donors (Lipinski definition) is 2. The molecule has 6 heteroatoms. The van der Waals surface area contributed by atoms with Crippen LogP contribution >= 0.6 is 0 Å². The molecule has 18 heavy (non-hydrogen) atoms. The second-order valence-electron chi connectivity index (χ2n) is 3.86. The molecule has 0 bridgehead atoms. The molecule has 0 aliphatic heterocycles. The first-order valence-corrected chi connectivity index (χ1v) is 5.47. The monoisotopic (exact) mass is 247 g/mol. The Morgan fingerprint density at radius 2 is 2.28 bits per heavy atom. The van der Waals surface area contributed by atoms with Gasteiger partial charge in [0.15, 0.2) is 5.76 Å². The van der Waals surface area contributed by atoms with Crippen molar-refractivity contribution >= 4 is 5.97 Å². The third-order valence-electron chi connectivity index (χ3n) is 2.31. The number of aromatic nitrogens is 2. The topological polar surface area (TPSA) is 88.2 Å². The summed E-state index contributed by atoms with van der Waals surface area (Å²) in [5.74, 6) is -0.287. The molecule has 2 N–H and O–H groups in total. The van der Waals surface area contributed by atoms with E-state index in [2.05, 4.69) is 15.5 Å². The zero-order valence-corrected chi connectivity index (χ0v) is 9.88. The van der Waals surface area contributed by atoms with E-state index in [1.54, 1.807) is 12.1 Å². The van der Waals surface area contributed by atoms with Crippen LogP contribution in [0.5, 0.6) is 0 Å². The summed E-state index contributed by atoms with van der Waals surface area (Å²) in [7, 11) is 0. The first kappa shape index (κ1) is 12.3. The molecule has 94 valence electrons. The standard InChI is InChI=1S/C12H13N3O3/c1-8-5-10(18-15-8)7-13-6-9-3-2-4-11(14-9)12(16)17/h2-5,13H,6-7H2,1H3,(H,16,17). The summed E-state index contributed by atoms with van der Waals surface area (Å²) in [5, 5.41) is 15.7. The van der Waals surface area contributed by atoms with Gasteiger partial charge in [-0.1, -0.05) is 11.2 Å².